The van der Waals surface area contributed by atoms with E-state index < -0.39 is 23.8 Å². The van der Waals surface area contributed by atoms with Crippen molar-refractivity contribution in [2.75, 3.05) is 19.0 Å². The Hall–Kier alpha value is -3.84. The van der Waals surface area contributed by atoms with Crippen molar-refractivity contribution in [3.63, 3.8) is 0 Å². The average Bonchev–Trinajstić information content (AvgIpc) is 2.83. The zero-order valence-corrected chi connectivity index (χ0v) is 19.1. The van der Waals surface area contributed by atoms with E-state index in [4.69, 9.17) is 11.6 Å². The predicted octanol–water partition coefficient (Wildman–Crippen LogP) is 3.73. The third kappa shape index (κ3) is 6.57. The summed E-state index contributed by atoms with van der Waals surface area (Å²) in [6, 6.07) is 22.2. The van der Waals surface area contributed by atoms with E-state index in [0.29, 0.717) is 16.1 Å². The van der Waals surface area contributed by atoms with Crippen molar-refractivity contribution >= 4 is 35.0 Å². The Kier molecular flexibility index (Phi) is 8.05. The number of carbonyl (C=O) groups is 3. The molecular formula is C25H25ClN4O3. The van der Waals surface area contributed by atoms with Crippen LogP contribution in [-0.4, -0.2) is 31.8 Å². The van der Waals surface area contributed by atoms with Crippen LogP contribution in [0.25, 0.3) is 0 Å². The monoisotopic (exact) mass is 464 g/mol. The maximum Gasteiger partial charge on any atom is 0.269 e. The van der Waals surface area contributed by atoms with Gasteiger partial charge in [-0.05, 0) is 35.9 Å². The second kappa shape index (κ2) is 11.2. The number of rotatable bonds is 7. The number of hydrogen-bond acceptors (Lipinski definition) is 4. The molecule has 0 aliphatic carbocycles. The second-order valence-corrected chi connectivity index (χ2v) is 7.97. The van der Waals surface area contributed by atoms with Crippen LogP contribution in [0.4, 0.5) is 5.69 Å². The Morgan fingerprint density at radius 3 is 2.24 bits per heavy atom. The lowest BCUT2D eigenvalue weighted by Crippen LogP contribution is -2.43. The molecule has 3 rings (SSSR count). The predicted molar refractivity (Wildman–Crippen MR) is 129 cm³/mol. The molecular weight excluding hydrogens is 440 g/mol. The molecule has 7 nitrogen and oxygen atoms in total. The van der Waals surface area contributed by atoms with Gasteiger partial charge in [0, 0.05) is 25.3 Å². The molecule has 0 aliphatic heterocycles. The first kappa shape index (κ1) is 23.8. The molecule has 1 unspecified atom stereocenters. The summed E-state index contributed by atoms with van der Waals surface area (Å²) in [4.78, 5) is 39.7. The van der Waals surface area contributed by atoms with Crippen LogP contribution in [0.2, 0.25) is 5.02 Å². The highest BCUT2D eigenvalue weighted by molar-refractivity contribution is 6.33. The second-order valence-electron chi connectivity index (χ2n) is 7.57. The highest BCUT2D eigenvalue weighted by Crippen LogP contribution is 2.20. The maximum atomic E-state index is 12.8. The maximum absolute atomic E-state index is 12.8. The van der Waals surface area contributed by atoms with Gasteiger partial charge in [-0.2, -0.15) is 0 Å². The van der Waals surface area contributed by atoms with Gasteiger partial charge in [-0.25, -0.2) is 0 Å². The summed E-state index contributed by atoms with van der Waals surface area (Å²) in [5, 5.41) is 3.18. The molecule has 0 aromatic heterocycles. The molecule has 0 heterocycles. The van der Waals surface area contributed by atoms with E-state index in [1.165, 1.54) is 0 Å². The molecule has 0 aliphatic rings. The van der Waals surface area contributed by atoms with Crippen LogP contribution in [0.15, 0.2) is 78.9 Å². The Morgan fingerprint density at radius 1 is 0.848 bits per heavy atom. The molecule has 3 aromatic rings. The number of carbonyl (C=O) groups excluding carboxylic acids is 3. The number of halogens is 1. The van der Waals surface area contributed by atoms with Gasteiger partial charge in [0.25, 0.3) is 11.8 Å². The number of anilines is 1. The molecule has 3 amide bonds. The largest absolute Gasteiger partial charge is 0.378 e. The van der Waals surface area contributed by atoms with Gasteiger partial charge >= 0.3 is 0 Å². The zero-order valence-electron chi connectivity index (χ0n) is 18.3. The standard InChI is InChI=1S/C25H25ClN4O3/c1-30(2)19-12-8-11-18(15-19)24(32)29-28-23(31)16-22(17-9-4-3-5-10-17)27-25(33)20-13-6-7-14-21(20)26/h3-15,22H,16H2,1-2H3,(H,27,33)(H,28,31)(H,29,32). The minimum atomic E-state index is -0.621. The minimum Gasteiger partial charge on any atom is -0.378 e. The van der Waals surface area contributed by atoms with Crippen LogP contribution in [0, 0.1) is 0 Å². The first-order valence-electron chi connectivity index (χ1n) is 10.3. The Morgan fingerprint density at radius 2 is 1.55 bits per heavy atom. The Bertz CT molecular complexity index is 1140. The molecule has 0 spiro atoms. The fraction of sp³-hybridized carbons (Fsp3) is 0.160. The van der Waals surface area contributed by atoms with E-state index in [1.807, 2.05) is 55.4 Å². The molecule has 0 fully saturated rings. The summed E-state index contributed by atoms with van der Waals surface area (Å²) in [5.41, 5.74) is 7.18. The Labute approximate surface area is 197 Å². The topological polar surface area (TPSA) is 90.5 Å². The smallest absolute Gasteiger partial charge is 0.269 e. The summed E-state index contributed by atoms with van der Waals surface area (Å²) in [5.74, 6) is -1.30. The Balaban J connectivity index is 1.66. The van der Waals surface area contributed by atoms with Crippen molar-refractivity contribution in [3.05, 3.63) is 101 Å². The van der Waals surface area contributed by atoms with Crippen LogP contribution in [0.1, 0.15) is 38.7 Å². The van der Waals surface area contributed by atoms with Crippen molar-refractivity contribution in [1.82, 2.24) is 16.2 Å². The fourth-order valence-electron chi connectivity index (χ4n) is 3.18. The van der Waals surface area contributed by atoms with Crippen molar-refractivity contribution in [2.24, 2.45) is 0 Å². The number of nitrogens with zero attached hydrogens (tertiary/aromatic N) is 1. The van der Waals surface area contributed by atoms with Gasteiger partial charge in [0.2, 0.25) is 5.91 Å². The van der Waals surface area contributed by atoms with Gasteiger partial charge in [0.15, 0.2) is 0 Å². The number of amides is 3. The van der Waals surface area contributed by atoms with Crippen molar-refractivity contribution in [2.45, 2.75) is 12.5 Å². The fourth-order valence-corrected chi connectivity index (χ4v) is 3.40. The van der Waals surface area contributed by atoms with Crippen LogP contribution >= 0.6 is 11.6 Å². The molecule has 0 saturated carbocycles. The molecule has 0 saturated heterocycles. The number of hydrogen-bond donors (Lipinski definition) is 3. The van der Waals surface area contributed by atoms with Crippen molar-refractivity contribution < 1.29 is 14.4 Å². The number of hydrazine groups is 1. The molecule has 0 bridgehead atoms. The molecule has 1 atom stereocenters. The zero-order chi connectivity index (χ0) is 23.8. The molecule has 3 N–H and O–H groups in total. The first-order valence-corrected chi connectivity index (χ1v) is 10.7. The third-order valence-electron chi connectivity index (χ3n) is 4.96. The van der Waals surface area contributed by atoms with E-state index in [9.17, 15) is 14.4 Å². The molecule has 170 valence electrons. The van der Waals surface area contributed by atoms with Crippen molar-refractivity contribution in [3.8, 4) is 0 Å². The van der Waals surface area contributed by atoms with Gasteiger partial charge in [0.05, 0.1) is 23.0 Å². The van der Waals surface area contributed by atoms with E-state index in [2.05, 4.69) is 16.2 Å². The molecule has 3 aromatic carbocycles. The molecule has 0 radical (unpaired) electrons. The summed E-state index contributed by atoms with van der Waals surface area (Å²) < 4.78 is 0. The normalized spacial score (nSPS) is 11.2. The van der Waals surface area contributed by atoms with Crippen LogP contribution in [0.3, 0.4) is 0 Å². The highest BCUT2D eigenvalue weighted by Gasteiger charge is 2.21. The molecule has 8 heteroatoms. The lowest BCUT2D eigenvalue weighted by Gasteiger charge is -2.20. The lowest BCUT2D eigenvalue weighted by atomic mass is 10.0. The van der Waals surface area contributed by atoms with Gasteiger partial charge < -0.3 is 10.2 Å². The average molecular weight is 465 g/mol. The van der Waals surface area contributed by atoms with E-state index in [-0.39, 0.29) is 6.42 Å². The summed E-state index contributed by atoms with van der Waals surface area (Å²) in [6.07, 6.45) is -0.0851. The van der Waals surface area contributed by atoms with Gasteiger partial charge in [-0.1, -0.05) is 60.1 Å². The molecule has 33 heavy (non-hydrogen) atoms. The van der Waals surface area contributed by atoms with Crippen molar-refractivity contribution in [1.29, 1.82) is 0 Å². The SMILES string of the molecule is CN(C)c1cccc(C(=O)NNC(=O)CC(NC(=O)c2ccccc2Cl)c2ccccc2)c1. The summed E-state index contributed by atoms with van der Waals surface area (Å²) in [7, 11) is 3.75. The summed E-state index contributed by atoms with van der Waals surface area (Å²) in [6.45, 7) is 0. The van der Waals surface area contributed by atoms with E-state index in [0.717, 1.165) is 11.3 Å². The third-order valence-corrected chi connectivity index (χ3v) is 5.29. The van der Waals surface area contributed by atoms with Crippen LogP contribution in [0.5, 0.6) is 0 Å². The van der Waals surface area contributed by atoms with Crippen LogP contribution < -0.4 is 21.1 Å². The number of nitrogens with one attached hydrogen (secondary N) is 3. The van der Waals surface area contributed by atoms with Gasteiger partial charge in [0.1, 0.15) is 0 Å². The van der Waals surface area contributed by atoms with E-state index >= 15 is 0 Å². The quantitative estimate of drug-likeness (QED) is 0.465. The van der Waals surface area contributed by atoms with Crippen LogP contribution in [-0.2, 0) is 4.79 Å². The number of benzene rings is 3. The lowest BCUT2D eigenvalue weighted by molar-refractivity contribution is -0.122. The minimum absolute atomic E-state index is 0.0851. The summed E-state index contributed by atoms with van der Waals surface area (Å²) >= 11 is 6.14. The highest BCUT2D eigenvalue weighted by atomic mass is 35.5. The first-order chi connectivity index (χ1) is 15.8. The van der Waals surface area contributed by atoms with E-state index in [1.54, 1.807) is 42.5 Å². The van der Waals surface area contributed by atoms with Gasteiger partial charge in [-0.15, -0.1) is 0 Å². The van der Waals surface area contributed by atoms with Gasteiger partial charge in [-0.3, -0.25) is 25.2 Å².